The van der Waals surface area contributed by atoms with Crippen molar-refractivity contribution in [3.8, 4) is 11.3 Å². The zero-order chi connectivity index (χ0) is 24.7. The van der Waals surface area contributed by atoms with E-state index in [1.54, 1.807) is 18.5 Å². The molecule has 0 aromatic carbocycles. The Hall–Kier alpha value is -3.43. The van der Waals surface area contributed by atoms with E-state index < -0.39 is 5.82 Å². The van der Waals surface area contributed by atoms with Gasteiger partial charge in [-0.05, 0) is 37.6 Å². The molecular weight excluding hydrogens is 437 g/mol. The van der Waals surface area contributed by atoms with Gasteiger partial charge in [0.25, 0.3) is 0 Å². The van der Waals surface area contributed by atoms with E-state index >= 15 is 0 Å². The van der Waals surface area contributed by atoms with E-state index in [1.807, 2.05) is 20.0 Å². The van der Waals surface area contributed by atoms with Crippen LogP contribution >= 0.6 is 0 Å². The number of nitrogens with zero attached hydrogens (tertiary/aromatic N) is 3. The maximum Gasteiger partial charge on any atom is 0.170 e. The third-order valence-corrected chi connectivity index (χ3v) is 5.99. The summed E-state index contributed by atoms with van der Waals surface area (Å²) in [5, 5.41) is 13.3. The number of halogens is 1. The van der Waals surface area contributed by atoms with Crippen LogP contribution < -0.4 is 11.1 Å². The fraction of sp³-hybridized carbons (Fsp3) is 0.360. The van der Waals surface area contributed by atoms with Gasteiger partial charge in [-0.1, -0.05) is 6.92 Å². The number of aromatic nitrogens is 3. The molecule has 4 rings (SSSR count). The van der Waals surface area contributed by atoms with Crippen LogP contribution in [0.3, 0.4) is 0 Å². The van der Waals surface area contributed by atoms with Crippen molar-refractivity contribution >= 4 is 17.7 Å². The summed E-state index contributed by atoms with van der Waals surface area (Å²) in [4.78, 5) is 22.3. The Labute approximate surface area is 198 Å². The van der Waals surface area contributed by atoms with Gasteiger partial charge in [-0.3, -0.25) is 14.8 Å². The van der Waals surface area contributed by atoms with Crippen molar-refractivity contribution in [2.75, 3.05) is 18.1 Å². The van der Waals surface area contributed by atoms with E-state index in [0.717, 1.165) is 23.9 Å². The number of hydrogen-bond acceptors (Lipinski definition) is 8. The van der Waals surface area contributed by atoms with Crippen LogP contribution in [0.25, 0.3) is 11.3 Å². The first-order valence-electron chi connectivity index (χ1n) is 11.2. The van der Waals surface area contributed by atoms with E-state index in [4.69, 9.17) is 10.5 Å². The molecule has 4 N–H and O–H groups in total. The van der Waals surface area contributed by atoms with Crippen molar-refractivity contribution in [2.24, 2.45) is 5.92 Å². The highest BCUT2D eigenvalue weighted by Gasteiger charge is 2.35. The Morgan fingerprint density at radius 3 is 2.62 bits per heavy atom. The number of nitrogen functional groups attached to an aromatic ring is 1. The van der Waals surface area contributed by atoms with Crippen molar-refractivity contribution in [1.82, 2.24) is 15.0 Å². The molecule has 3 aromatic heterocycles. The molecule has 1 saturated heterocycles. The van der Waals surface area contributed by atoms with E-state index in [-0.39, 0.29) is 41.2 Å². The van der Waals surface area contributed by atoms with Crippen LogP contribution in [0.2, 0.25) is 0 Å². The number of nitrogens with one attached hydrogen (secondary N) is 1. The average Bonchev–Trinajstić information content (AvgIpc) is 2.85. The molecule has 1 aliphatic rings. The van der Waals surface area contributed by atoms with Gasteiger partial charge in [-0.2, -0.15) is 0 Å². The predicted octanol–water partition coefficient (Wildman–Crippen LogP) is 4.04. The Balaban J connectivity index is 0.000000192. The number of aliphatic hydroxyl groups is 1. The number of rotatable bonds is 5. The summed E-state index contributed by atoms with van der Waals surface area (Å²) < 4.78 is 19.5. The summed E-state index contributed by atoms with van der Waals surface area (Å²) in [6.07, 6.45) is 7.99. The molecule has 9 heteroatoms. The number of carbonyl (C=O) groups excluding carboxylic acids is 1. The molecule has 4 heterocycles. The maximum absolute atomic E-state index is 13.4. The molecule has 0 aliphatic carbocycles. The summed E-state index contributed by atoms with van der Waals surface area (Å²) in [5.74, 6) is -0.252. The summed E-state index contributed by atoms with van der Waals surface area (Å²) >= 11 is 0. The van der Waals surface area contributed by atoms with Crippen LogP contribution in [0.5, 0.6) is 0 Å². The molecule has 0 bridgehead atoms. The van der Waals surface area contributed by atoms with E-state index in [2.05, 4.69) is 27.2 Å². The minimum absolute atomic E-state index is 0.0525. The molecular formula is C25H30FN5O3. The van der Waals surface area contributed by atoms with Crippen molar-refractivity contribution < 1.29 is 19.0 Å². The molecule has 1 aliphatic heterocycles. The van der Waals surface area contributed by atoms with Gasteiger partial charge < -0.3 is 20.9 Å². The SMILES string of the molecule is CCC1C(O)CC(c2ccncc2NC)OC1C.Nc1ccc(-c2ccncc2F)nc1C=O. The molecule has 0 spiro atoms. The summed E-state index contributed by atoms with van der Waals surface area (Å²) in [7, 11) is 1.87. The highest BCUT2D eigenvalue weighted by Crippen LogP contribution is 2.38. The van der Waals surface area contributed by atoms with Gasteiger partial charge in [0.15, 0.2) is 12.1 Å². The third-order valence-electron chi connectivity index (χ3n) is 5.99. The molecule has 8 nitrogen and oxygen atoms in total. The maximum atomic E-state index is 13.4. The minimum atomic E-state index is -0.489. The Kier molecular flexibility index (Phi) is 8.61. The second kappa shape index (κ2) is 11.6. The Morgan fingerprint density at radius 2 is 1.97 bits per heavy atom. The quantitative estimate of drug-likeness (QED) is 0.481. The molecule has 0 saturated carbocycles. The molecule has 1 fully saturated rings. The van der Waals surface area contributed by atoms with E-state index in [0.29, 0.717) is 18.4 Å². The van der Waals surface area contributed by atoms with Gasteiger partial charge in [0.05, 0.1) is 47.8 Å². The zero-order valence-corrected chi connectivity index (χ0v) is 19.5. The molecule has 4 atom stereocenters. The average molecular weight is 468 g/mol. The molecule has 3 aromatic rings. The lowest BCUT2D eigenvalue weighted by atomic mass is 9.85. The number of nitrogens with two attached hydrogens (primary N) is 1. The van der Waals surface area contributed by atoms with E-state index in [9.17, 15) is 14.3 Å². The van der Waals surface area contributed by atoms with Gasteiger partial charge >= 0.3 is 0 Å². The van der Waals surface area contributed by atoms with E-state index in [1.165, 1.54) is 18.3 Å². The molecule has 4 unspecified atom stereocenters. The Morgan fingerprint density at radius 1 is 1.24 bits per heavy atom. The first kappa shape index (κ1) is 25.2. The lowest BCUT2D eigenvalue weighted by Gasteiger charge is -2.38. The summed E-state index contributed by atoms with van der Waals surface area (Å²) in [5.41, 5.74) is 8.59. The van der Waals surface area contributed by atoms with Crippen LogP contribution in [0.1, 0.15) is 48.8 Å². The first-order chi connectivity index (χ1) is 16.4. The number of anilines is 2. The topological polar surface area (TPSA) is 123 Å². The van der Waals surface area contributed by atoms with Crippen LogP contribution in [-0.2, 0) is 4.74 Å². The second-order valence-electron chi connectivity index (χ2n) is 8.06. The highest BCUT2D eigenvalue weighted by molar-refractivity contribution is 5.81. The largest absolute Gasteiger partial charge is 0.397 e. The van der Waals surface area contributed by atoms with Crippen molar-refractivity contribution in [3.05, 3.63) is 66.1 Å². The van der Waals surface area contributed by atoms with Gasteiger partial charge in [-0.25, -0.2) is 9.37 Å². The van der Waals surface area contributed by atoms with Crippen LogP contribution in [-0.4, -0.2) is 45.6 Å². The van der Waals surface area contributed by atoms with Crippen molar-refractivity contribution in [2.45, 2.75) is 45.0 Å². The first-order valence-corrected chi connectivity index (χ1v) is 11.2. The minimum Gasteiger partial charge on any atom is -0.397 e. The Bertz CT molecular complexity index is 1100. The fourth-order valence-corrected chi connectivity index (χ4v) is 4.13. The second-order valence-corrected chi connectivity index (χ2v) is 8.06. The number of aliphatic hydroxyl groups excluding tert-OH is 1. The van der Waals surface area contributed by atoms with Crippen molar-refractivity contribution in [3.63, 3.8) is 0 Å². The zero-order valence-electron chi connectivity index (χ0n) is 19.5. The van der Waals surface area contributed by atoms with Crippen LogP contribution in [0.15, 0.2) is 49.1 Å². The van der Waals surface area contributed by atoms with Gasteiger partial charge in [0.1, 0.15) is 5.69 Å². The molecule has 0 radical (unpaired) electrons. The lowest BCUT2D eigenvalue weighted by molar-refractivity contribution is -0.131. The van der Waals surface area contributed by atoms with Gasteiger partial charge in [-0.15, -0.1) is 0 Å². The normalized spacial score (nSPS) is 21.8. The fourth-order valence-electron chi connectivity index (χ4n) is 4.13. The monoisotopic (exact) mass is 467 g/mol. The van der Waals surface area contributed by atoms with Gasteiger partial charge in [0, 0.05) is 42.9 Å². The molecule has 180 valence electrons. The summed E-state index contributed by atoms with van der Waals surface area (Å²) in [6, 6.07) is 6.53. The standard InChI is InChI=1S/C14H22N2O2.C11H8FN3O/c1-4-10-9(2)18-14(7-13(10)17)11-5-6-16-8-12(11)15-3;12-8-5-14-4-3-7(8)10-2-1-9(13)11(6-16)15-10/h5-6,8-10,13-15,17H,4,7H2,1-3H3;1-6H,13H2. The highest BCUT2D eigenvalue weighted by atomic mass is 19.1. The molecule has 34 heavy (non-hydrogen) atoms. The number of hydrogen-bond donors (Lipinski definition) is 3. The number of ether oxygens (including phenoxy) is 1. The van der Waals surface area contributed by atoms with Crippen LogP contribution in [0, 0.1) is 11.7 Å². The molecule has 0 amide bonds. The number of carbonyl (C=O) groups is 1. The van der Waals surface area contributed by atoms with Gasteiger partial charge in [0.2, 0.25) is 0 Å². The van der Waals surface area contributed by atoms with Crippen molar-refractivity contribution in [1.29, 1.82) is 0 Å². The smallest absolute Gasteiger partial charge is 0.170 e. The summed E-state index contributed by atoms with van der Waals surface area (Å²) in [6.45, 7) is 4.14. The number of aldehydes is 1. The third kappa shape index (κ3) is 5.73. The predicted molar refractivity (Wildman–Crippen MR) is 129 cm³/mol. The lowest BCUT2D eigenvalue weighted by Crippen LogP contribution is -2.39. The van der Waals surface area contributed by atoms with Crippen LogP contribution in [0.4, 0.5) is 15.8 Å². The number of pyridine rings is 3.